The van der Waals surface area contributed by atoms with E-state index in [4.69, 9.17) is 4.74 Å². The van der Waals surface area contributed by atoms with Crippen molar-refractivity contribution in [3.05, 3.63) is 29.8 Å². The van der Waals surface area contributed by atoms with Crippen LogP contribution in [0.1, 0.15) is 38.2 Å². The Balaban J connectivity index is 1.89. The summed E-state index contributed by atoms with van der Waals surface area (Å²) in [5.41, 5.74) is 0.920. The Labute approximate surface area is 171 Å². The molecule has 8 nitrogen and oxygen atoms in total. The standard InChI is InChI=1S/C21H31N3O5/c1-14-16(6-10-19(14)24(28)13-25)7-11-20(26)23-18(21(27)22-2)12-15-4-8-17(29-3)9-5-15/h4-5,8-9,13-14,16,18-19,28H,6-7,10-12H2,1-3H3,(H,22,27)(H,23,26)/t14?,16?,18-,19?/m0/s1. The summed E-state index contributed by atoms with van der Waals surface area (Å²) >= 11 is 0. The lowest BCUT2D eigenvalue weighted by Crippen LogP contribution is -2.47. The zero-order valence-corrected chi connectivity index (χ0v) is 17.3. The number of nitrogens with one attached hydrogen (secondary N) is 2. The number of carbonyl (C=O) groups is 3. The summed E-state index contributed by atoms with van der Waals surface area (Å²) in [4.78, 5) is 35.5. The maximum absolute atomic E-state index is 12.5. The molecule has 1 aromatic carbocycles. The number of likely N-dealkylation sites (N-methyl/N-ethyl adjacent to an activating group) is 1. The van der Waals surface area contributed by atoms with Crippen molar-refractivity contribution in [2.45, 2.75) is 51.1 Å². The molecule has 1 saturated carbocycles. The minimum atomic E-state index is -0.655. The van der Waals surface area contributed by atoms with Crippen molar-refractivity contribution in [2.24, 2.45) is 11.8 Å². The van der Waals surface area contributed by atoms with Gasteiger partial charge in [-0.3, -0.25) is 19.6 Å². The van der Waals surface area contributed by atoms with Crippen LogP contribution in [0.3, 0.4) is 0 Å². The fraction of sp³-hybridized carbons (Fsp3) is 0.571. The molecule has 8 heteroatoms. The topological polar surface area (TPSA) is 108 Å². The molecule has 0 radical (unpaired) electrons. The number of hydrogen-bond donors (Lipinski definition) is 3. The average Bonchev–Trinajstić information content (AvgIpc) is 3.11. The molecular weight excluding hydrogens is 374 g/mol. The zero-order chi connectivity index (χ0) is 21.4. The van der Waals surface area contributed by atoms with E-state index >= 15 is 0 Å². The molecule has 3 unspecified atom stereocenters. The quantitative estimate of drug-likeness (QED) is 0.311. The molecular formula is C21H31N3O5. The summed E-state index contributed by atoms with van der Waals surface area (Å²) in [6.45, 7) is 1.99. The number of nitrogens with zero attached hydrogens (tertiary/aromatic N) is 1. The predicted octanol–water partition coefficient (Wildman–Crippen LogP) is 1.51. The second kappa shape index (κ2) is 10.8. The second-order valence-electron chi connectivity index (χ2n) is 7.57. The first-order valence-corrected chi connectivity index (χ1v) is 9.96. The summed E-state index contributed by atoms with van der Waals surface area (Å²) in [5.74, 6) is 0.672. The maximum Gasteiger partial charge on any atom is 0.242 e. The van der Waals surface area contributed by atoms with Crippen LogP contribution in [0.2, 0.25) is 0 Å². The van der Waals surface area contributed by atoms with Crippen LogP contribution in [-0.4, -0.2) is 54.7 Å². The molecule has 29 heavy (non-hydrogen) atoms. The van der Waals surface area contributed by atoms with E-state index in [1.54, 1.807) is 14.2 Å². The zero-order valence-electron chi connectivity index (χ0n) is 17.3. The Morgan fingerprint density at radius 3 is 2.59 bits per heavy atom. The molecule has 0 aliphatic heterocycles. The van der Waals surface area contributed by atoms with Gasteiger partial charge in [0.2, 0.25) is 18.2 Å². The Hall–Kier alpha value is -2.61. The number of methoxy groups -OCH3 is 1. The first-order valence-electron chi connectivity index (χ1n) is 9.96. The number of hydroxylamine groups is 2. The van der Waals surface area contributed by atoms with Gasteiger partial charge in [-0.15, -0.1) is 0 Å². The van der Waals surface area contributed by atoms with Gasteiger partial charge in [-0.2, -0.15) is 0 Å². The third-order valence-electron chi connectivity index (χ3n) is 5.87. The van der Waals surface area contributed by atoms with Gasteiger partial charge in [-0.25, -0.2) is 5.06 Å². The minimum absolute atomic E-state index is 0.118. The molecule has 2 rings (SSSR count). The lowest BCUT2D eigenvalue weighted by atomic mass is 9.91. The molecule has 0 spiro atoms. The van der Waals surface area contributed by atoms with Crippen LogP contribution in [0.15, 0.2) is 24.3 Å². The van der Waals surface area contributed by atoms with Crippen LogP contribution in [-0.2, 0) is 20.8 Å². The van der Waals surface area contributed by atoms with Crippen molar-refractivity contribution in [1.29, 1.82) is 0 Å². The molecule has 1 fully saturated rings. The molecule has 3 amide bonds. The van der Waals surface area contributed by atoms with Crippen LogP contribution in [0, 0.1) is 11.8 Å². The lowest BCUT2D eigenvalue weighted by molar-refractivity contribution is -0.163. The SMILES string of the molecule is CNC(=O)[C@H](Cc1ccc(OC)cc1)NC(=O)CCC1CCC(N(O)C=O)C1C. The third kappa shape index (κ3) is 6.19. The monoisotopic (exact) mass is 405 g/mol. The van der Waals surface area contributed by atoms with E-state index in [9.17, 15) is 19.6 Å². The van der Waals surface area contributed by atoms with Gasteiger partial charge in [0.15, 0.2) is 0 Å². The summed E-state index contributed by atoms with van der Waals surface area (Å²) in [6, 6.07) is 6.52. The third-order valence-corrected chi connectivity index (χ3v) is 5.87. The van der Waals surface area contributed by atoms with E-state index in [0.717, 1.165) is 29.2 Å². The number of rotatable bonds is 10. The van der Waals surface area contributed by atoms with Gasteiger partial charge in [-0.1, -0.05) is 19.1 Å². The van der Waals surface area contributed by atoms with Crippen LogP contribution < -0.4 is 15.4 Å². The Morgan fingerprint density at radius 1 is 1.31 bits per heavy atom. The van der Waals surface area contributed by atoms with Gasteiger partial charge in [0, 0.05) is 19.9 Å². The predicted molar refractivity (Wildman–Crippen MR) is 107 cm³/mol. The second-order valence-corrected chi connectivity index (χ2v) is 7.57. The molecule has 4 atom stereocenters. The molecule has 160 valence electrons. The van der Waals surface area contributed by atoms with E-state index in [1.807, 2.05) is 31.2 Å². The van der Waals surface area contributed by atoms with Crippen molar-refractivity contribution in [2.75, 3.05) is 14.2 Å². The molecule has 1 aliphatic carbocycles. The van der Waals surface area contributed by atoms with Gasteiger partial charge in [0.25, 0.3) is 0 Å². The molecule has 0 aromatic heterocycles. The number of ether oxygens (including phenoxy) is 1. The highest BCUT2D eigenvalue weighted by molar-refractivity contribution is 5.87. The molecule has 0 saturated heterocycles. The average molecular weight is 405 g/mol. The minimum Gasteiger partial charge on any atom is -0.497 e. The Bertz CT molecular complexity index is 694. The van der Waals surface area contributed by atoms with Gasteiger partial charge in [0.05, 0.1) is 13.2 Å². The van der Waals surface area contributed by atoms with Crippen molar-refractivity contribution in [1.82, 2.24) is 15.7 Å². The fourth-order valence-electron chi connectivity index (χ4n) is 4.05. The molecule has 3 N–H and O–H groups in total. The molecule has 1 aliphatic rings. The van der Waals surface area contributed by atoms with E-state index < -0.39 is 6.04 Å². The molecule has 1 aromatic rings. The molecule has 0 bridgehead atoms. The van der Waals surface area contributed by atoms with E-state index in [1.165, 1.54) is 0 Å². The first-order chi connectivity index (χ1) is 13.9. The summed E-state index contributed by atoms with van der Waals surface area (Å²) < 4.78 is 5.14. The summed E-state index contributed by atoms with van der Waals surface area (Å²) in [6.07, 6.45) is 3.35. The van der Waals surface area contributed by atoms with Crippen molar-refractivity contribution < 1.29 is 24.3 Å². The van der Waals surface area contributed by atoms with Crippen molar-refractivity contribution in [3.8, 4) is 5.75 Å². The van der Waals surface area contributed by atoms with Gasteiger partial charge >= 0.3 is 0 Å². The number of hydrogen-bond acceptors (Lipinski definition) is 5. The number of carbonyl (C=O) groups excluding carboxylic acids is 3. The Kier molecular flexibility index (Phi) is 8.45. The highest BCUT2D eigenvalue weighted by Crippen LogP contribution is 2.36. The van der Waals surface area contributed by atoms with E-state index in [0.29, 0.717) is 25.7 Å². The molecule has 0 heterocycles. The smallest absolute Gasteiger partial charge is 0.242 e. The lowest BCUT2D eigenvalue weighted by Gasteiger charge is -2.24. The fourth-order valence-corrected chi connectivity index (χ4v) is 4.05. The maximum atomic E-state index is 12.5. The highest BCUT2D eigenvalue weighted by Gasteiger charge is 2.36. The first kappa shape index (κ1) is 22.7. The normalized spacial score (nSPS) is 21.9. The van der Waals surface area contributed by atoms with Crippen LogP contribution in [0.5, 0.6) is 5.75 Å². The largest absolute Gasteiger partial charge is 0.497 e. The van der Waals surface area contributed by atoms with E-state index in [2.05, 4.69) is 10.6 Å². The van der Waals surface area contributed by atoms with Crippen LogP contribution in [0.4, 0.5) is 0 Å². The number of benzene rings is 1. The van der Waals surface area contributed by atoms with Gasteiger partial charge < -0.3 is 15.4 Å². The van der Waals surface area contributed by atoms with Gasteiger partial charge in [-0.05, 0) is 48.8 Å². The van der Waals surface area contributed by atoms with Crippen LogP contribution in [0.25, 0.3) is 0 Å². The van der Waals surface area contributed by atoms with Crippen molar-refractivity contribution in [3.63, 3.8) is 0 Å². The van der Waals surface area contributed by atoms with Crippen LogP contribution >= 0.6 is 0 Å². The highest BCUT2D eigenvalue weighted by atomic mass is 16.5. The van der Waals surface area contributed by atoms with E-state index in [-0.39, 0.29) is 29.7 Å². The number of amides is 3. The van der Waals surface area contributed by atoms with Crippen molar-refractivity contribution >= 4 is 18.2 Å². The Morgan fingerprint density at radius 2 is 2.00 bits per heavy atom. The summed E-state index contributed by atoms with van der Waals surface area (Å²) in [7, 11) is 3.14. The summed E-state index contributed by atoms with van der Waals surface area (Å²) in [5, 5.41) is 15.8. The van der Waals surface area contributed by atoms with Gasteiger partial charge in [0.1, 0.15) is 11.8 Å².